The van der Waals surface area contributed by atoms with Crippen LogP contribution in [0.25, 0.3) is 0 Å². The summed E-state index contributed by atoms with van der Waals surface area (Å²) in [4.78, 5) is 150. The van der Waals surface area contributed by atoms with Crippen molar-refractivity contribution in [3.63, 3.8) is 0 Å². The van der Waals surface area contributed by atoms with E-state index in [1.165, 1.54) is 103 Å². The van der Waals surface area contributed by atoms with Gasteiger partial charge in [0.1, 0.15) is 90.9 Å². The normalized spacial score (nSPS) is 11.2. The Balaban J connectivity index is 0.000000319. The number of unbranched alkanes of at least 4 members (excludes halogenated alkanes) is 1. The van der Waals surface area contributed by atoms with E-state index in [0.29, 0.717) is 39.3 Å². The molecule has 2 unspecified atom stereocenters. The Morgan fingerprint density at radius 1 is 0.400 bits per heavy atom. The molecule has 0 amide bonds. The van der Waals surface area contributed by atoms with Crippen LogP contribution < -0.4 is 49.4 Å². The predicted octanol–water partition coefficient (Wildman–Crippen LogP) is 15.2. The topological polar surface area (TPSA) is 469 Å². The fraction of sp³-hybridized carbons (Fsp3) is 0.221. The first-order valence-corrected chi connectivity index (χ1v) is 36.0. The van der Waals surface area contributed by atoms with Gasteiger partial charge in [0.15, 0.2) is 0 Å². The summed E-state index contributed by atoms with van der Waals surface area (Å²) in [5.41, 5.74) is 13.7. The summed E-state index contributed by atoms with van der Waals surface area (Å²) in [6, 6.07) is 40.8. The Hall–Kier alpha value is -13.7. The molecule has 0 spiro atoms. The van der Waals surface area contributed by atoms with Crippen LogP contribution >= 0.6 is 48.9 Å². The van der Waals surface area contributed by atoms with Crippen molar-refractivity contribution in [1.29, 1.82) is 0 Å². The molecule has 2 atom stereocenters. The second-order valence-corrected chi connectivity index (χ2v) is 26.3. The van der Waals surface area contributed by atoms with Crippen molar-refractivity contribution in [2.75, 3.05) is 13.2 Å². The second kappa shape index (κ2) is 43.8. The summed E-state index contributed by atoms with van der Waals surface area (Å²) in [6.07, 6.45) is -0.831. The molecule has 4 N–H and O–H groups in total. The van der Waals surface area contributed by atoms with E-state index in [0.717, 1.165) is 18.1 Å². The first kappa shape index (κ1) is 88.5. The average molecular weight is 1650 g/mol. The van der Waals surface area contributed by atoms with Crippen molar-refractivity contribution in [2.24, 2.45) is 37.8 Å². The van der Waals surface area contributed by atoms with Crippen LogP contribution in [0.2, 0.25) is 0 Å². The van der Waals surface area contributed by atoms with E-state index < -0.39 is 87.9 Å². The van der Waals surface area contributed by atoms with Gasteiger partial charge < -0.3 is 63.9 Å². The first-order valence-electron chi connectivity index (χ1n) is 34.3. The van der Waals surface area contributed by atoms with Gasteiger partial charge in [-0.25, -0.2) is 19.2 Å². The number of hydrogen-bond donors (Lipinski definition) is 2. The molecule has 8 aromatic rings. The highest BCUT2D eigenvalue weighted by molar-refractivity contribution is 7.81. The number of nitrogens with two attached hydrogens (primary N) is 2. The number of rotatable bonds is 38. The lowest BCUT2D eigenvalue weighted by Gasteiger charge is -2.14. The van der Waals surface area contributed by atoms with Gasteiger partial charge in [-0.2, -0.15) is 20.5 Å². The van der Waals surface area contributed by atoms with Gasteiger partial charge >= 0.3 is 47.8 Å². The number of nitrogens with zero attached hydrogens (tertiary/aromatic N) is 7. The molecular formula is C77H69N9O25S4. The maximum Gasteiger partial charge on any atom is 0.347 e. The molecule has 0 heterocycles. The highest BCUT2D eigenvalue weighted by Gasteiger charge is 2.27. The van der Waals surface area contributed by atoms with Gasteiger partial charge in [0.2, 0.25) is 0 Å². The zero-order chi connectivity index (χ0) is 83.8. The molecule has 38 heteroatoms. The Labute approximate surface area is 675 Å². The standard InChI is InChI=1S/C39H35N5O14S2.C38H34N4O11S2/c1-4-22(2)17-35(45)56-33-18-26(9-15-31(33)38(47)55-29-13-7-25(8-14-29)37(40)60)41-42-27-10-16-32(39(48)54-28-11-5-24(6-12-28)23(3)59)34(19-27)57-36(46)20-30(58-44(51)52)21-53-43(49)50;1-3-4-6-34(43)52-32-21-26(12-18-30(32)38(46)51-29-16-10-25(11-17-29)36(39)55)40-41-27-13-19-31(33(22-27)53-35(44)7-5-20-49-42(47)48)37(45)50-28-14-8-24(9-15-28)23(2)54/h5-16,18-19,22,30H,4,17,20-21H2,1-3H3,(H2,40,60);8-19,21-22H,3-7,20H2,1-2H3,(H2,39,55). The molecule has 115 heavy (non-hydrogen) atoms. The van der Waals surface area contributed by atoms with Gasteiger partial charge in [-0.15, -0.1) is 30.3 Å². The predicted molar refractivity (Wildman–Crippen MR) is 424 cm³/mol. The van der Waals surface area contributed by atoms with Crippen LogP contribution in [0.1, 0.15) is 150 Å². The van der Waals surface area contributed by atoms with E-state index in [1.807, 2.05) is 20.8 Å². The fourth-order valence-electron chi connectivity index (χ4n) is 9.43. The number of carbonyl (C=O) groups excluding carboxylic acids is 8. The van der Waals surface area contributed by atoms with E-state index in [-0.39, 0.29) is 133 Å². The molecule has 8 rings (SSSR count). The zero-order valence-corrected chi connectivity index (χ0v) is 64.8. The van der Waals surface area contributed by atoms with Crippen LogP contribution in [0.5, 0.6) is 46.0 Å². The lowest BCUT2D eigenvalue weighted by Crippen LogP contribution is -2.29. The maximum atomic E-state index is 13.3. The Bertz CT molecular complexity index is 5070. The minimum Gasteiger partial charge on any atom is -0.426 e. The van der Waals surface area contributed by atoms with Gasteiger partial charge in [-0.3, -0.25) is 19.2 Å². The number of esters is 8. The summed E-state index contributed by atoms with van der Waals surface area (Å²) < 4.78 is 43.9. The molecule has 0 aromatic heterocycles. The molecule has 596 valence electrons. The van der Waals surface area contributed by atoms with Gasteiger partial charge in [0.25, 0.3) is 15.3 Å². The number of carbonyl (C=O) groups is 8. The number of ether oxygens (including phenoxy) is 8. The van der Waals surface area contributed by atoms with E-state index in [2.05, 4.69) is 35.0 Å². The van der Waals surface area contributed by atoms with E-state index >= 15 is 0 Å². The molecule has 0 aliphatic heterocycles. The summed E-state index contributed by atoms with van der Waals surface area (Å²) >= 11 is 20.2. The Morgan fingerprint density at radius 3 is 0.991 bits per heavy atom. The summed E-state index contributed by atoms with van der Waals surface area (Å²) in [5, 5.41) is 45.2. The van der Waals surface area contributed by atoms with Crippen molar-refractivity contribution >= 4 is 139 Å². The fourth-order valence-corrected chi connectivity index (χ4v) is 9.98. The number of azo groups is 2. The van der Waals surface area contributed by atoms with E-state index in [1.54, 1.807) is 74.5 Å². The van der Waals surface area contributed by atoms with Crippen molar-refractivity contribution < 1.29 is 106 Å². The third kappa shape index (κ3) is 29.2. The molecule has 0 radical (unpaired) electrons. The third-order valence-corrected chi connectivity index (χ3v) is 16.4. The van der Waals surface area contributed by atoms with Crippen molar-refractivity contribution in [3.05, 3.63) is 245 Å². The van der Waals surface area contributed by atoms with Gasteiger partial charge in [0.05, 0.1) is 35.8 Å². The maximum absolute atomic E-state index is 13.3. The van der Waals surface area contributed by atoms with Crippen LogP contribution in [0.4, 0.5) is 22.7 Å². The molecule has 0 aliphatic carbocycles. The molecule has 34 nitrogen and oxygen atoms in total. The monoisotopic (exact) mass is 1650 g/mol. The van der Waals surface area contributed by atoms with Crippen LogP contribution in [-0.2, 0) is 33.7 Å². The largest absolute Gasteiger partial charge is 0.426 e. The molecule has 8 aromatic carbocycles. The number of hydrogen-bond acceptors (Lipinski definition) is 33. The minimum atomic E-state index is -1.76. The highest BCUT2D eigenvalue weighted by Crippen LogP contribution is 2.35. The van der Waals surface area contributed by atoms with E-state index in [4.69, 9.17) is 98.2 Å². The second-order valence-electron chi connectivity index (χ2n) is 24.2. The Kier molecular flexibility index (Phi) is 33.7. The van der Waals surface area contributed by atoms with Crippen molar-refractivity contribution in [2.45, 2.75) is 92.1 Å². The summed E-state index contributed by atoms with van der Waals surface area (Å²) in [7, 11) is 0. The van der Waals surface area contributed by atoms with Gasteiger partial charge in [-0.05, 0) is 165 Å². The lowest BCUT2D eigenvalue weighted by atomic mass is 10.1. The highest BCUT2D eigenvalue weighted by atomic mass is 32.1. The Morgan fingerprint density at radius 2 is 0.704 bits per heavy atom. The third-order valence-electron chi connectivity index (χ3n) is 15.5. The van der Waals surface area contributed by atoms with Crippen LogP contribution in [0, 0.1) is 36.3 Å². The summed E-state index contributed by atoms with van der Waals surface area (Å²) in [6.45, 7) is 7.82. The molecular weight excluding hydrogens is 1580 g/mol. The summed E-state index contributed by atoms with van der Waals surface area (Å²) in [5.74, 6) is -7.06. The molecule has 0 saturated carbocycles. The lowest BCUT2D eigenvalue weighted by molar-refractivity contribution is -0.789. The van der Waals surface area contributed by atoms with E-state index in [9.17, 15) is 68.7 Å². The smallest absolute Gasteiger partial charge is 0.347 e. The van der Waals surface area contributed by atoms with Gasteiger partial charge in [0, 0.05) is 64.4 Å². The molecule has 0 saturated heterocycles. The first-order chi connectivity index (χ1) is 54.8. The average Bonchev–Trinajstić information content (AvgIpc) is 0.808. The van der Waals surface area contributed by atoms with Crippen molar-refractivity contribution in [1.82, 2.24) is 0 Å². The van der Waals surface area contributed by atoms with Crippen LogP contribution in [-0.4, -0.2) is 102 Å². The van der Waals surface area contributed by atoms with Gasteiger partial charge in [-0.1, -0.05) is 107 Å². The van der Waals surface area contributed by atoms with Crippen molar-refractivity contribution in [3.8, 4) is 46.0 Å². The molecule has 0 aliphatic rings. The SMILES string of the molecule is CCC(C)CC(=O)Oc1cc(N=Nc2ccc(C(=O)Oc3ccc(C(C)=S)cc3)c(OC(=O)CC(CO[N+](=O)[O-])O[N+](=O)[O-])c2)ccc1C(=O)Oc1ccc(C(N)=S)cc1.CCCCC(=O)Oc1cc(N=Nc2ccc(C(=O)Oc3ccc(C(C)=S)cc3)c(OC(=O)CCCO[N+](=O)[O-])c2)ccc1C(=O)Oc1ccc(C(N)=S)cc1. The molecule has 0 bridgehead atoms. The number of benzene rings is 8. The quantitative estimate of drug-likeness (QED) is 0.00530. The zero-order valence-electron chi connectivity index (χ0n) is 61.5. The number of thiocarbonyl (C=S) groups is 4. The molecule has 0 fully saturated rings. The van der Waals surface area contributed by atoms with Crippen LogP contribution in [0.3, 0.4) is 0 Å². The van der Waals surface area contributed by atoms with Crippen LogP contribution in [0.15, 0.2) is 190 Å². The minimum absolute atomic E-state index is 0.0100.